The zero-order valence-corrected chi connectivity index (χ0v) is 11.3. The molecule has 1 unspecified atom stereocenters. The van der Waals surface area contributed by atoms with E-state index in [1.54, 1.807) is 0 Å². The highest BCUT2D eigenvalue weighted by Crippen LogP contribution is 2.25. The lowest BCUT2D eigenvalue weighted by atomic mass is 9.90. The van der Waals surface area contributed by atoms with Crippen LogP contribution in [0.4, 0.5) is 0 Å². The van der Waals surface area contributed by atoms with Crippen LogP contribution in [-0.2, 0) is 6.42 Å². The van der Waals surface area contributed by atoms with Crippen LogP contribution in [0.2, 0.25) is 5.02 Å². The van der Waals surface area contributed by atoms with E-state index in [2.05, 4.69) is 29.8 Å². The van der Waals surface area contributed by atoms with E-state index in [-0.39, 0.29) is 12.5 Å². The molecule has 0 aliphatic carbocycles. The van der Waals surface area contributed by atoms with Crippen LogP contribution in [0.25, 0.3) is 0 Å². The Labute approximate surface area is 105 Å². The summed E-state index contributed by atoms with van der Waals surface area (Å²) in [5, 5.41) is 10.0. The number of rotatable bonds is 4. The summed E-state index contributed by atoms with van der Waals surface area (Å²) >= 11 is 9.50. The molecular formula is C12H16BrClO. The second-order valence-corrected chi connectivity index (χ2v) is 5.45. The van der Waals surface area contributed by atoms with Crippen LogP contribution in [-0.4, -0.2) is 11.7 Å². The van der Waals surface area contributed by atoms with Gasteiger partial charge in [0.25, 0.3) is 0 Å². The fourth-order valence-corrected chi connectivity index (χ4v) is 2.23. The average molecular weight is 292 g/mol. The lowest BCUT2D eigenvalue weighted by Crippen LogP contribution is -2.16. The Kier molecular flexibility index (Phi) is 5.10. The number of halogens is 2. The van der Waals surface area contributed by atoms with Crippen molar-refractivity contribution in [2.45, 2.75) is 20.3 Å². The first-order valence-electron chi connectivity index (χ1n) is 5.09. The number of aliphatic hydroxyl groups excluding tert-OH is 1. The van der Waals surface area contributed by atoms with Gasteiger partial charge >= 0.3 is 0 Å². The topological polar surface area (TPSA) is 20.2 Å². The fraction of sp³-hybridized carbons (Fsp3) is 0.500. The van der Waals surface area contributed by atoms with E-state index in [1.165, 1.54) is 0 Å². The van der Waals surface area contributed by atoms with Crippen molar-refractivity contribution in [3.8, 4) is 0 Å². The molecule has 15 heavy (non-hydrogen) atoms. The zero-order valence-electron chi connectivity index (χ0n) is 9.00. The Balaban J connectivity index is 2.79. The molecule has 0 saturated carbocycles. The number of hydrogen-bond acceptors (Lipinski definition) is 1. The van der Waals surface area contributed by atoms with Crippen molar-refractivity contribution < 1.29 is 5.11 Å². The summed E-state index contributed by atoms with van der Waals surface area (Å²) in [4.78, 5) is 0. The second kappa shape index (κ2) is 5.88. The van der Waals surface area contributed by atoms with Crippen LogP contribution in [0.1, 0.15) is 19.4 Å². The van der Waals surface area contributed by atoms with Gasteiger partial charge in [-0.1, -0.05) is 47.4 Å². The standard InChI is InChI=1S/C12H16BrClO/c1-8(2)10(7-15)5-9-3-4-11(13)6-12(9)14/h3-4,6,8,10,15H,5,7H2,1-2H3. The molecule has 3 heteroatoms. The smallest absolute Gasteiger partial charge is 0.0464 e. The molecule has 1 rings (SSSR count). The predicted molar refractivity (Wildman–Crippen MR) is 68.3 cm³/mol. The van der Waals surface area contributed by atoms with E-state index >= 15 is 0 Å². The molecule has 0 fully saturated rings. The molecule has 1 aromatic carbocycles. The molecule has 1 nitrogen and oxygen atoms in total. The number of aliphatic hydroxyl groups is 1. The minimum Gasteiger partial charge on any atom is -0.396 e. The molecule has 0 amide bonds. The summed E-state index contributed by atoms with van der Waals surface area (Å²) in [5.74, 6) is 0.749. The molecule has 84 valence electrons. The molecule has 0 radical (unpaired) electrons. The monoisotopic (exact) mass is 290 g/mol. The van der Waals surface area contributed by atoms with Gasteiger partial charge in [-0.15, -0.1) is 0 Å². The summed E-state index contributed by atoms with van der Waals surface area (Å²) in [5.41, 5.74) is 1.10. The minimum absolute atomic E-state index is 0.212. The largest absolute Gasteiger partial charge is 0.396 e. The van der Waals surface area contributed by atoms with Crippen LogP contribution in [0.5, 0.6) is 0 Å². The first-order valence-corrected chi connectivity index (χ1v) is 6.26. The molecule has 1 atom stereocenters. The van der Waals surface area contributed by atoms with Crippen LogP contribution in [0.3, 0.4) is 0 Å². The minimum atomic E-state index is 0.212. The molecule has 1 N–H and O–H groups in total. The Morgan fingerprint density at radius 2 is 2.07 bits per heavy atom. The van der Waals surface area contributed by atoms with Gasteiger partial charge in [-0.25, -0.2) is 0 Å². The van der Waals surface area contributed by atoms with Gasteiger partial charge in [-0.2, -0.15) is 0 Å². The van der Waals surface area contributed by atoms with Gasteiger partial charge in [0.1, 0.15) is 0 Å². The van der Waals surface area contributed by atoms with Crippen molar-refractivity contribution in [2.75, 3.05) is 6.61 Å². The van der Waals surface area contributed by atoms with Crippen molar-refractivity contribution in [3.63, 3.8) is 0 Å². The number of hydrogen-bond donors (Lipinski definition) is 1. The van der Waals surface area contributed by atoms with E-state index in [4.69, 9.17) is 11.6 Å². The molecule has 0 heterocycles. The summed E-state index contributed by atoms with van der Waals surface area (Å²) in [7, 11) is 0. The predicted octanol–water partition coefficient (Wildman–Crippen LogP) is 3.91. The maximum absolute atomic E-state index is 9.25. The van der Waals surface area contributed by atoms with E-state index < -0.39 is 0 Å². The Hall–Kier alpha value is -0.0500. The van der Waals surface area contributed by atoms with Crippen LogP contribution in [0.15, 0.2) is 22.7 Å². The van der Waals surface area contributed by atoms with Crippen LogP contribution < -0.4 is 0 Å². The van der Waals surface area contributed by atoms with E-state index in [0.717, 1.165) is 21.5 Å². The highest BCUT2D eigenvalue weighted by molar-refractivity contribution is 9.10. The Bertz CT molecular complexity index is 325. The van der Waals surface area contributed by atoms with Crippen molar-refractivity contribution in [3.05, 3.63) is 33.3 Å². The van der Waals surface area contributed by atoms with Crippen molar-refractivity contribution in [1.29, 1.82) is 0 Å². The maximum Gasteiger partial charge on any atom is 0.0464 e. The highest BCUT2D eigenvalue weighted by Gasteiger charge is 2.14. The summed E-state index contributed by atoms with van der Waals surface area (Å²) in [6.07, 6.45) is 0.834. The first-order chi connectivity index (χ1) is 7.04. The van der Waals surface area contributed by atoms with E-state index in [0.29, 0.717) is 5.92 Å². The zero-order chi connectivity index (χ0) is 11.4. The lowest BCUT2D eigenvalue weighted by Gasteiger charge is -2.18. The molecule has 1 aromatic rings. The summed E-state index contributed by atoms with van der Waals surface area (Å²) in [6.45, 7) is 4.45. The van der Waals surface area contributed by atoms with Gasteiger partial charge in [-0.05, 0) is 36.0 Å². The summed E-state index contributed by atoms with van der Waals surface area (Å²) < 4.78 is 0.987. The molecule has 0 aromatic heterocycles. The Morgan fingerprint density at radius 1 is 1.40 bits per heavy atom. The third kappa shape index (κ3) is 3.78. The van der Waals surface area contributed by atoms with Crippen LogP contribution in [0, 0.1) is 11.8 Å². The van der Waals surface area contributed by atoms with Gasteiger partial charge in [0.15, 0.2) is 0 Å². The Morgan fingerprint density at radius 3 is 2.53 bits per heavy atom. The van der Waals surface area contributed by atoms with Gasteiger partial charge in [-0.3, -0.25) is 0 Å². The molecule has 0 saturated heterocycles. The average Bonchev–Trinajstić information content (AvgIpc) is 2.16. The third-order valence-electron chi connectivity index (χ3n) is 2.67. The third-order valence-corrected chi connectivity index (χ3v) is 3.52. The molecule has 0 bridgehead atoms. The van der Waals surface area contributed by atoms with E-state index in [9.17, 15) is 5.11 Å². The molecule has 0 spiro atoms. The molecule has 0 aliphatic heterocycles. The van der Waals surface area contributed by atoms with Crippen molar-refractivity contribution in [2.24, 2.45) is 11.8 Å². The SMILES string of the molecule is CC(C)C(CO)Cc1ccc(Br)cc1Cl. The van der Waals surface area contributed by atoms with Gasteiger partial charge in [0, 0.05) is 16.1 Å². The van der Waals surface area contributed by atoms with Crippen molar-refractivity contribution in [1.82, 2.24) is 0 Å². The quantitative estimate of drug-likeness (QED) is 0.892. The second-order valence-electron chi connectivity index (χ2n) is 4.13. The highest BCUT2D eigenvalue weighted by atomic mass is 79.9. The van der Waals surface area contributed by atoms with Crippen molar-refractivity contribution >= 4 is 27.5 Å². The van der Waals surface area contributed by atoms with Gasteiger partial charge in [0.2, 0.25) is 0 Å². The van der Waals surface area contributed by atoms with Gasteiger partial charge < -0.3 is 5.11 Å². The summed E-state index contributed by atoms with van der Waals surface area (Å²) in [6, 6.07) is 5.89. The molecular weight excluding hydrogens is 275 g/mol. The fourth-order valence-electron chi connectivity index (χ4n) is 1.48. The molecule has 0 aliphatic rings. The van der Waals surface area contributed by atoms with Crippen LogP contribution >= 0.6 is 27.5 Å². The van der Waals surface area contributed by atoms with E-state index in [1.807, 2.05) is 18.2 Å². The number of benzene rings is 1. The lowest BCUT2D eigenvalue weighted by molar-refractivity contribution is 0.189. The first kappa shape index (κ1) is 13.0. The van der Waals surface area contributed by atoms with Gasteiger partial charge in [0.05, 0.1) is 0 Å². The maximum atomic E-state index is 9.25. The normalized spacial score (nSPS) is 13.2.